The summed E-state index contributed by atoms with van der Waals surface area (Å²) >= 11 is 0. The van der Waals surface area contributed by atoms with Gasteiger partial charge in [-0.2, -0.15) is 5.10 Å². The van der Waals surface area contributed by atoms with Crippen LogP contribution in [0.5, 0.6) is 0 Å². The fraction of sp³-hybridized carbons (Fsp3) is 0.556. The molecule has 142 valence electrons. The molecule has 2 aromatic heterocycles. The zero-order valence-electron chi connectivity index (χ0n) is 16.0. The third-order valence-corrected chi connectivity index (χ3v) is 4.75. The zero-order valence-corrected chi connectivity index (χ0v) is 16.9. The van der Waals surface area contributed by atoms with Gasteiger partial charge in [-0.25, -0.2) is 14.6 Å². The van der Waals surface area contributed by atoms with Crippen LogP contribution in [0.15, 0.2) is 6.07 Å². The summed E-state index contributed by atoms with van der Waals surface area (Å²) < 4.78 is 1.75. The molecule has 0 bridgehead atoms. The van der Waals surface area contributed by atoms with Crippen molar-refractivity contribution in [2.75, 3.05) is 19.6 Å². The lowest BCUT2D eigenvalue weighted by atomic mass is 10.1. The molecule has 3 heterocycles. The highest BCUT2D eigenvalue weighted by Crippen LogP contribution is 2.18. The molecule has 3 rings (SSSR count). The maximum atomic E-state index is 12.8. The molecule has 8 heteroatoms. The van der Waals surface area contributed by atoms with Gasteiger partial charge in [-0.3, -0.25) is 4.79 Å². The molecular weight excluding hydrogens is 352 g/mol. The minimum Gasteiger partial charge on any atom is -0.337 e. The Morgan fingerprint density at radius 2 is 1.88 bits per heavy atom. The van der Waals surface area contributed by atoms with Gasteiger partial charge in [0.15, 0.2) is 0 Å². The number of aryl methyl sites for hydroxylation is 3. The van der Waals surface area contributed by atoms with E-state index in [1.807, 2.05) is 38.7 Å². The molecule has 26 heavy (non-hydrogen) atoms. The Hall–Kier alpha value is -1.99. The topological polar surface area (TPSA) is 75.9 Å². The van der Waals surface area contributed by atoms with Crippen molar-refractivity contribution < 1.29 is 4.79 Å². The molecule has 0 aliphatic carbocycles. The molecule has 1 fully saturated rings. The molecule has 0 aromatic carbocycles. The second-order valence-corrected chi connectivity index (χ2v) is 6.83. The molecule has 1 amide bonds. The van der Waals surface area contributed by atoms with Crippen LogP contribution in [0.3, 0.4) is 0 Å². The highest BCUT2D eigenvalue weighted by atomic mass is 35.5. The standard InChI is InChI=1S/C18H26N6O.ClH/c1-11-8-12(2)21-18(20-11)24-15(5)16(14(4)22-24)9-17(25)23-7-6-19-10-13(23)3;/h8,13,19H,6-7,9-10H2,1-5H3;1H. The van der Waals surface area contributed by atoms with Crippen LogP contribution in [0, 0.1) is 27.7 Å². The number of carbonyl (C=O) groups excluding carboxylic acids is 1. The number of nitrogens with one attached hydrogen (secondary N) is 1. The highest BCUT2D eigenvalue weighted by Gasteiger charge is 2.25. The molecule has 1 N–H and O–H groups in total. The Balaban J connectivity index is 0.00000243. The van der Waals surface area contributed by atoms with Crippen molar-refractivity contribution in [2.24, 2.45) is 0 Å². The first-order chi connectivity index (χ1) is 11.9. The number of hydrogen-bond acceptors (Lipinski definition) is 5. The van der Waals surface area contributed by atoms with Gasteiger partial charge in [0.2, 0.25) is 5.91 Å². The predicted octanol–water partition coefficient (Wildman–Crippen LogP) is 1.68. The maximum Gasteiger partial charge on any atom is 0.251 e. The Kier molecular flexibility index (Phi) is 6.36. The van der Waals surface area contributed by atoms with Crippen molar-refractivity contribution in [3.05, 3.63) is 34.4 Å². The second kappa shape index (κ2) is 8.14. The minimum atomic E-state index is 0. The summed E-state index contributed by atoms with van der Waals surface area (Å²) in [5.74, 6) is 0.716. The Bertz CT molecular complexity index is 783. The lowest BCUT2D eigenvalue weighted by molar-refractivity contribution is -0.133. The number of piperazine rings is 1. The molecule has 2 aromatic rings. The van der Waals surface area contributed by atoms with Gasteiger partial charge in [-0.05, 0) is 40.7 Å². The van der Waals surface area contributed by atoms with E-state index >= 15 is 0 Å². The molecular formula is C18H27ClN6O. The molecule has 1 saturated heterocycles. The van der Waals surface area contributed by atoms with Crippen LogP contribution >= 0.6 is 12.4 Å². The van der Waals surface area contributed by atoms with Crippen LogP contribution in [0.1, 0.15) is 35.3 Å². The van der Waals surface area contributed by atoms with Crippen molar-refractivity contribution >= 4 is 18.3 Å². The van der Waals surface area contributed by atoms with Gasteiger partial charge in [0, 0.05) is 48.3 Å². The SMILES string of the molecule is Cc1cc(C)nc(-n2nc(C)c(CC(=O)N3CCNCC3C)c2C)n1.Cl. The quantitative estimate of drug-likeness (QED) is 0.879. The van der Waals surface area contributed by atoms with E-state index in [2.05, 4.69) is 27.3 Å². The molecule has 1 unspecified atom stereocenters. The highest BCUT2D eigenvalue weighted by molar-refractivity contribution is 5.85. The van der Waals surface area contributed by atoms with E-state index < -0.39 is 0 Å². The normalized spacial score (nSPS) is 17.1. The third-order valence-electron chi connectivity index (χ3n) is 4.75. The van der Waals surface area contributed by atoms with Crippen molar-refractivity contribution in [1.82, 2.24) is 30.0 Å². The fourth-order valence-electron chi connectivity index (χ4n) is 3.39. The number of aromatic nitrogens is 4. The van der Waals surface area contributed by atoms with Gasteiger partial charge < -0.3 is 10.2 Å². The molecule has 1 atom stereocenters. The fourth-order valence-corrected chi connectivity index (χ4v) is 3.39. The molecule has 0 saturated carbocycles. The Morgan fingerprint density at radius 1 is 1.23 bits per heavy atom. The average Bonchev–Trinajstić information content (AvgIpc) is 2.82. The number of nitrogens with zero attached hydrogens (tertiary/aromatic N) is 5. The lowest BCUT2D eigenvalue weighted by Gasteiger charge is -2.34. The monoisotopic (exact) mass is 378 g/mol. The first kappa shape index (κ1) is 20.3. The molecule has 1 aliphatic rings. The number of halogens is 1. The largest absolute Gasteiger partial charge is 0.337 e. The molecule has 0 radical (unpaired) electrons. The predicted molar refractivity (Wildman–Crippen MR) is 103 cm³/mol. The summed E-state index contributed by atoms with van der Waals surface area (Å²) in [5.41, 5.74) is 4.57. The van der Waals surface area contributed by atoms with Gasteiger partial charge in [-0.1, -0.05) is 0 Å². The van der Waals surface area contributed by atoms with Crippen LogP contribution in [0.4, 0.5) is 0 Å². The van der Waals surface area contributed by atoms with Crippen LogP contribution in [-0.2, 0) is 11.2 Å². The lowest BCUT2D eigenvalue weighted by Crippen LogP contribution is -2.52. The van der Waals surface area contributed by atoms with Crippen molar-refractivity contribution in [3.63, 3.8) is 0 Å². The van der Waals surface area contributed by atoms with Crippen molar-refractivity contribution in [3.8, 4) is 5.95 Å². The van der Waals surface area contributed by atoms with Crippen molar-refractivity contribution in [1.29, 1.82) is 0 Å². The average molecular weight is 379 g/mol. The summed E-state index contributed by atoms with van der Waals surface area (Å²) in [6.45, 7) is 12.3. The summed E-state index contributed by atoms with van der Waals surface area (Å²) in [7, 11) is 0. The molecule has 7 nitrogen and oxygen atoms in total. The van der Waals surface area contributed by atoms with Gasteiger partial charge in [0.05, 0.1) is 12.1 Å². The van der Waals surface area contributed by atoms with Gasteiger partial charge in [0.25, 0.3) is 5.95 Å². The first-order valence-electron chi connectivity index (χ1n) is 8.74. The summed E-state index contributed by atoms with van der Waals surface area (Å²) in [6, 6.07) is 2.16. The maximum absolute atomic E-state index is 12.8. The minimum absolute atomic E-state index is 0. The van der Waals surface area contributed by atoms with Crippen LogP contribution in [-0.4, -0.2) is 56.2 Å². The van der Waals surface area contributed by atoms with Crippen LogP contribution in [0.2, 0.25) is 0 Å². The molecule has 1 aliphatic heterocycles. The van der Waals surface area contributed by atoms with E-state index in [0.29, 0.717) is 12.4 Å². The van der Waals surface area contributed by atoms with E-state index in [1.165, 1.54) is 0 Å². The number of hydrogen-bond donors (Lipinski definition) is 1. The third kappa shape index (κ3) is 4.04. The number of amides is 1. The van der Waals surface area contributed by atoms with E-state index in [-0.39, 0.29) is 24.4 Å². The van der Waals surface area contributed by atoms with Gasteiger partial charge in [0.1, 0.15) is 0 Å². The Morgan fingerprint density at radius 3 is 2.50 bits per heavy atom. The first-order valence-corrected chi connectivity index (χ1v) is 8.74. The van der Waals surface area contributed by atoms with Gasteiger partial charge >= 0.3 is 0 Å². The van der Waals surface area contributed by atoms with E-state index in [0.717, 1.165) is 48.0 Å². The Labute approximate surface area is 160 Å². The van der Waals surface area contributed by atoms with Gasteiger partial charge in [-0.15, -0.1) is 12.4 Å². The number of carbonyl (C=O) groups is 1. The second-order valence-electron chi connectivity index (χ2n) is 6.83. The number of rotatable bonds is 3. The smallest absolute Gasteiger partial charge is 0.251 e. The summed E-state index contributed by atoms with van der Waals surface area (Å²) in [5, 5.41) is 7.90. The van der Waals surface area contributed by atoms with E-state index in [9.17, 15) is 4.79 Å². The van der Waals surface area contributed by atoms with Crippen LogP contribution < -0.4 is 5.32 Å². The van der Waals surface area contributed by atoms with Crippen molar-refractivity contribution in [2.45, 2.75) is 47.1 Å². The van der Waals surface area contributed by atoms with Crippen LogP contribution in [0.25, 0.3) is 5.95 Å². The van der Waals surface area contributed by atoms with E-state index in [4.69, 9.17) is 0 Å². The molecule has 0 spiro atoms. The summed E-state index contributed by atoms with van der Waals surface area (Å²) in [4.78, 5) is 23.7. The summed E-state index contributed by atoms with van der Waals surface area (Å²) in [6.07, 6.45) is 0.368. The van der Waals surface area contributed by atoms with E-state index in [1.54, 1.807) is 4.68 Å². The zero-order chi connectivity index (χ0) is 18.1.